The molecule has 0 aliphatic carbocycles. The van der Waals surface area contributed by atoms with Gasteiger partial charge in [-0.1, -0.05) is 6.07 Å². The second-order valence-electron chi connectivity index (χ2n) is 5.28. The number of thioether (sulfide) groups is 1. The monoisotopic (exact) mass is 309 g/mol. The van der Waals surface area contributed by atoms with Gasteiger partial charge < -0.3 is 5.32 Å². The van der Waals surface area contributed by atoms with E-state index in [0.717, 1.165) is 13.1 Å². The summed E-state index contributed by atoms with van der Waals surface area (Å²) in [5, 5.41) is 8.05. The van der Waals surface area contributed by atoms with Crippen molar-refractivity contribution in [1.29, 1.82) is 0 Å². The molecule has 0 bridgehead atoms. The van der Waals surface area contributed by atoms with Crippen LogP contribution in [0.15, 0.2) is 29.0 Å². The summed E-state index contributed by atoms with van der Waals surface area (Å²) in [6.45, 7) is 4.53. The molecule has 0 amide bonds. The average molecular weight is 310 g/mol. The zero-order valence-electron chi connectivity index (χ0n) is 11.1. The van der Waals surface area contributed by atoms with E-state index >= 15 is 0 Å². The molecule has 102 valence electrons. The van der Waals surface area contributed by atoms with Crippen LogP contribution in [0.3, 0.4) is 0 Å². The molecule has 1 saturated heterocycles. The van der Waals surface area contributed by atoms with E-state index in [1.807, 2.05) is 22.7 Å². The largest absolute Gasteiger partial charge is 0.310 e. The number of hydrogen-bond acceptors (Lipinski definition) is 4. The van der Waals surface area contributed by atoms with Gasteiger partial charge in [-0.25, -0.2) is 0 Å². The van der Waals surface area contributed by atoms with Crippen LogP contribution in [0.2, 0.25) is 0 Å². The van der Waals surface area contributed by atoms with Gasteiger partial charge in [0.05, 0.1) is 0 Å². The standard InChI is InChI=1S/C15H19NS3/c1-15(5-3-7-19-15)11-16-9-13-8-12(10-18-13)14-4-2-6-17-14/h2,4,6,8,10,16H,3,5,7,9,11H2,1H3. The number of nitrogens with one attached hydrogen (secondary N) is 1. The summed E-state index contributed by atoms with van der Waals surface area (Å²) in [4.78, 5) is 2.82. The summed E-state index contributed by atoms with van der Waals surface area (Å²) < 4.78 is 0.466. The third-order valence-electron chi connectivity index (χ3n) is 3.56. The van der Waals surface area contributed by atoms with Gasteiger partial charge in [-0.2, -0.15) is 11.8 Å². The minimum absolute atomic E-state index is 0.466. The molecule has 2 aromatic heterocycles. The van der Waals surface area contributed by atoms with E-state index in [9.17, 15) is 0 Å². The molecule has 19 heavy (non-hydrogen) atoms. The number of thiophene rings is 2. The Hall–Kier alpha value is -0.290. The fourth-order valence-electron chi connectivity index (χ4n) is 2.47. The molecule has 2 aromatic rings. The van der Waals surface area contributed by atoms with Crippen molar-refractivity contribution in [2.24, 2.45) is 0 Å². The highest BCUT2D eigenvalue weighted by molar-refractivity contribution is 8.00. The minimum Gasteiger partial charge on any atom is -0.310 e. The first-order valence-corrected chi connectivity index (χ1v) is 9.46. The van der Waals surface area contributed by atoms with E-state index in [1.54, 1.807) is 0 Å². The Balaban J connectivity index is 1.53. The van der Waals surface area contributed by atoms with Crippen LogP contribution in [-0.4, -0.2) is 17.0 Å². The van der Waals surface area contributed by atoms with Crippen LogP contribution in [0.5, 0.6) is 0 Å². The van der Waals surface area contributed by atoms with Gasteiger partial charge >= 0.3 is 0 Å². The molecule has 0 radical (unpaired) electrons. The van der Waals surface area contributed by atoms with Crippen molar-refractivity contribution in [1.82, 2.24) is 5.32 Å². The van der Waals surface area contributed by atoms with Crippen molar-refractivity contribution in [2.45, 2.75) is 31.1 Å². The van der Waals surface area contributed by atoms with Crippen LogP contribution in [-0.2, 0) is 6.54 Å². The lowest BCUT2D eigenvalue weighted by molar-refractivity contribution is 0.539. The van der Waals surface area contributed by atoms with Gasteiger partial charge in [0, 0.05) is 33.2 Å². The van der Waals surface area contributed by atoms with Crippen molar-refractivity contribution in [3.63, 3.8) is 0 Å². The number of rotatable bonds is 5. The molecular weight excluding hydrogens is 290 g/mol. The Bertz CT molecular complexity index is 509. The lowest BCUT2D eigenvalue weighted by atomic mass is 10.1. The maximum absolute atomic E-state index is 3.64. The quantitative estimate of drug-likeness (QED) is 0.847. The zero-order chi connectivity index (χ0) is 13.1. The van der Waals surface area contributed by atoms with Crippen molar-refractivity contribution in [3.05, 3.63) is 33.8 Å². The average Bonchev–Trinajstić information content (AvgIpc) is 3.08. The molecule has 0 aromatic carbocycles. The van der Waals surface area contributed by atoms with Crippen molar-refractivity contribution < 1.29 is 0 Å². The first-order valence-electron chi connectivity index (χ1n) is 6.71. The first-order chi connectivity index (χ1) is 9.25. The van der Waals surface area contributed by atoms with Gasteiger partial charge in [-0.3, -0.25) is 0 Å². The predicted octanol–water partition coefficient (Wildman–Crippen LogP) is 4.85. The van der Waals surface area contributed by atoms with Gasteiger partial charge in [0.1, 0.15) is 0 Å². The van der Waals surface area contributed by atoms with Gasteiger partial charge in [-0.05, 0) is 48.4 Å². The maximum Gasteiger partial charge on any atom is 0.0351 e. The minimum atomic E-state index is 0.466. The molecule has 1 unspecified atom stereocenters. The van der Waals surface area contributed by atoms with Crippen LogP contribution >= 0.6 is 34.4 Å². The van der Waals surface area contributed by atoms with Crippen LogP contribution < -0.4 is 5.32 Å². The zero-order valence-corrected chi connectivity index (χ0v) is 13.6. The highest BCUT2D eigenvalue weighted by Gasteiger charge is 2.28. The lowest BCUT2D eigenvalue weighted by Gasteiger charge is -2.22. The molecule has 1 aliphatic heterocycles. The summed E-state index contributed by atoms with van der Waals surface area (Å²) >= 11 is 5.81. The molecule has 1 aliphatic rings. The molecule has 1 fully saturated rings. The van der Waals surface area contributed by atoms with E-state index in [2.05, 4.69) is 53.0 Å². The summed E-state index contributed by atoms with van der Waals surface area (Å²) in [6, 6.07) is 6.64. The number of hydrogen-bond donors (Lipinski definition) is 1. The Morgan fingerprint density at radius 3 is 3.05 bits per heavy atom. The van der Waals surface area contributed by atoms with Crippen molar-refractivity contribution >= 4 is 34.4 Å². The molecule has 1 nitrogen and oxygen atoms in total. The molecule has 3 heterocycles. The van der Waals surface area contributed by atoms with Crippen LogP contribution in [0.25, 0.3) is 10.4 Å². The van der Waals surface area contributed by atoms with Crippen LogP contribution in [0, 0.1) is 0 Å². The third kappa shape index (κ3) is 3.43. The summed E-state index contributed by atoms with van der Waals surface area (Å²) in [5.41, 5.74) is 1.37. The van der Waals surface area contributed by atoms with E-state index in [0.29, 0.717) is 4.75 Å². The van der Waals surface area contributed by atoms with Crippen molar-refractivity contribution in [2.75, 3.05) is 12.3 Å². The van der Waals surface area contributed by atoms with Crippen molar-refractivity contribution in [3.8, 4) is 10.4 Å². The Labute approximate surface area is 127 Å². The predicted molar refractivity (Wildman–Crippen MR) is 89.4 cm³/mol. The Morgan fingerprint density at radius 1 is 1.37 bits per heavy atom. The van der Waals surface area contributed by atoms with Crippen LogP contribution in [0.1, 0.15) is 24.6 Å². The third-order valence-corrected chi connectivity index (χ3v) is 6.95. The Morgan fingerprint density at radius 2 is 2.32 bits per heavy atom. The Kier molecular flexibility index (Phi) is 4.32. The smallest absolute Gasteiger partial charge is 0.0351 e. The molecule has 3 rings (SSSR count). The molecule has 1 atom stereocenters. The fraction of sp³-hybridized carbons (Fsp3) is 0.467. The SMILES string of the molecule is CC1(CNCc2cc(-c3cccs3)cs2)CCCS1. The normalized spacial score (nSPS) is 23.0. The van der Waals surface area contributed by atoms with Crippen LogP contribution in [0.4, 0.5) is 0 Å². The topological polar surface area (TPSA) is 12.0 Å². The van der Waals surface area contributed by atoms with E-state index in [4.69, 9.17) is 0 Å². The summed E-state index contributed by atoms with van der Waals surface area (Å²) in [6.07, 6.45) is 2.74. The first kappa shape index (κ1) is 13.7. The molecule has 0 saturated carbocycles. The highest BCUT2D eigenvalue weighted by atomic mass is 32.2. The highest BCUT2D eigenvalue weighted by Crippen LogP contribution is 2.37. The molecule has 0 spiro atoms. The second-order valence-corrected chi connectivity index (χ2v) is 8.91. The van der Waals surface area contributed by atoms with Gasteiger partial charge in [0.2, 0.25) is 0 Å². The van der Waals surface area contributed by atoms with Gasteiger partial charge in [0.25, 0.3) is 0 Å². The summed E-state index contributed by atoms with van der Waals surface area (Å²) in [7, 11) is 0. The second kappa shape index (κ2) is 6.00. The molecule has 1 N–H and O–H groups in total. The van der Waals surface area contributed by atoms with Gasteiger partial charge in [0.15, 0.2) is 0 Å². The van der Waals surface area contributed by atoms with E-state index < -0.39 is 0 Å². The van der Waals surface area contributed by atoms with E-state index in [1.165, 1.54) is 33.9 Å². The maximum atomic E-state index is 3.64. The van der Waals surface area contributed by atoms with E-state index in [-0.39, 0.29) is 0 Å². The van der Waals surface area contributed by atoms with Gasteiger partial charge in [-0.15, -0.1) is 22.7 Å². The fourth-order valence-corrected chi connectivity index (χ4v) is 5.39. The summed E-state index contributed by atoms with van der Waals surface area (Å²) in [5.74, 6) is 1.33. The molecular formula is C15H19NS3. The molecule has 4 heteroatoms. The lowest BCUT2D eigenvalue weighted by Crippen LogP contribution is -2.32.